The number of carbonyl (C=O) groups is 1. The third kappa shape index (κ3) is 2.03. The van der Waals surface area contributed by atoms with Crippen molar-refractivity contribution < 1.29 is 9.18 Å². The zero-order valence-corrected chi connectivity index (χ0v) is 11.1. The van der Waals surface area contributed by atoms with Crippen LogP contribution < -0.4 is 0 Å². The molecule has 2 nitrogen and oxygen atoms in total. The molecule has 1 aromatic carbocycles. The van der Waals surface area contributed by atoms with E-state index in [0.717, 1.165) is 0 Å². The minimum Gasteiger partial charge on any atom is -0.288 e. The normalized spacial score (nSPS) is 10.8. The Balaban J connectivity index is 2.31. The third-order valence-electron chi connectivity index (χ3n) is 2.82. The van der Waals surface area contributed by atoms with Crippen molar-refractivity contribution in [2.24, 2.45) is 0 Å². The van der Waals surface area contributed by atoms with Gasteiger partial charge in [0.1, 0.15) is 11.0 Å². The van der Waals surface area contributed by atoms with E-state index in [1.54, 1.807) is 23.6 Å². The molecule has 0 aliphatic carbocycles. The van der Waals surface area contributed by atoms with Gasteiger partial charge in [-0.25, -0.2) is 9.37 Å². The van der Waals surface area contributed by atoms with Gasteiger partial charge < -0.3 is 0 Å². The molecule has 0 unspecified atom stereocenters. The minimum absolute atomic E-state index is 0.0456. The van der Waals surface area contributed by atoms with Crippen LogP contribution in [0.25, 0.3) is 10.8 Å². The first-order valence-corrected chi connectivity index (χ1v) is 6.75. The van der Waals surface area contributed by atoms with Crippen LogP contribution >= 0.6 is 22.9 Å². The summed E-state index contributed by atoms with van der Waals surface area (Å²) in [6.07, 6.45) is 1.47. The molecule has 0 bridgehead atoms. The van der Waals surface area contributed by atoms with Gasteiger partial charge in [0.15, 0.2) is 0 Å². The molecule has 0 saturated heterocycles. The molecular weight excluding hydrogens is 285 g/mol. The highest BCUT2D eigenvalue weighted by Gasteiger charge is 2.19. The summed E-state index contributed by atoms with van der Waals surface area (Å²) in [5.41, 5.74) is 0.0456. The van der Waals surface area contributed by atoms with Crippen LogP contribution in [0.3, 0.4) is 0 Å². The van der Waals surface area contributed by atoms with Crippen LogP contribution in [-0.2, 0) is 0 Å². The number of carbonyl (C=O) groups excluding carboxylic acids is 1. The van der Waals surface area contributed by atoms with Crippen molar-refractivity contribution in [3.05, 3.63) is 63.3 Å². The molecule has 2 aromatic heterocycles. The molecule has 0 fully saturated rings. The highest BCUT2D eigenvalue weighted by molar-refractivity contribution is 7.12. The predicted octanol–water partition coefficient (Wildman–Crippen LogP) is 4.32. The molecular formula is C14H7ClFNOS. The highest BCUT2D eigenvalue weighted by atomic mass is 35.5. The van der Waals surface area contributed by atoms with Crippen molar-refractivity contribution in [1.82, 2.24) is 4.98 Å². The molecule has 0 spiro atoms. The van der Waals surface area contributed by atoms with Gasteiger partial charge in [-0.2, -0.15) is 0 Å². The summed E-state index contributed by atoms with van der Waals surface area (Å²) < 4.78 is 14.0. The quantitative estimate of drug-likeness (QED) is 0.520. The molecule has 0 N–H and O–H groups in total. The lowest BCUT2D eigenvalue weighted by molar-refractivity contribution is 0.104. The maximum atomic E-state index is 14.0. The van der Waals surface area contributed by atoms with Gasteiger partial charge in [0.2, 0.25) is 5.78 Å². The van der Waals surface area contributed by atoms with E-state index >= 15 is 0 Å². The van der Waals surface area contributed by atoms with Crippen LogP contribution in [0.5, 0.6) is 0 Å². The second-order valence-electron chi connectivity index (χ2n) is 3.93. The monoisotopic (exact) mass is 291 g/mol. The van der Waals surface area contributed by atoms with E-state index < -0.39 is 5.82 Å². The fourth-order valence-electron chi connectivity index (χ4n) is 1.95. The number of hydrogen-bond acceptors (Lipinski definition) is 3. The SMILES string of the molecule is O=C(c1cccs1)c1c(F)ccc2c(Cl)nccc12. The van der Waals surface area contributed by atoms with Crippen LogP contribution in [-0.4, -0.2) is 10.8 Å². The largest absolute Gasteiger partial charge is 0.288 e. The smallest absolute Gasteiger partial charge is 0.206 e. The van der Waals surface area contributed by atoms with E-state index in [0.29, 0.717) is 15.6 Å². The van der Waals surface area contributed by atoms with Crippen molar-refractivity contribution in [2.45, 2.75) is 0 Å². The van der Waals surface area contributed by atoms with Gasteiger partial charge >= 0.3 is 0 Å². The van der Waals surface area contributed by atoms with E-state index in [4.69, 9.17) is 11.6 Å². The maximum absolute atomic E-state index is 14.0. The molecule has 5 heteroatoms. The zero-order valence-electron chi connectivity index (χ0n) is 9.56. The van der Waals surface area contributed by atoms with Crippen molar-refractivity contribution in [1.29, 1.82) is 0 Å². The van der Waals surface area contributed by atoms with E-state index in [2.05, 4.69) is 4.98 Å². The molecule has 0 saturated carbocycles. The fraction of sp³-hybridized carbons (Fsp3) is 0. The van der Waals surface area contributed by atoms with E-state index in [1.165, 1.54) is 29.7 Å². The van der Waals surface area contributed by atoms with Crippen molar-refractivity contribution in [3.8, 4) is 0 Å². The van der Waals surface area contributed by atoms with Gasteiger partial charge in [0.25, 0.3) is 0 Å². The number of pyridine rings is 1. The van der Waals surface area contributed by atoms with E-state index in [-0.39, 0.29) is 16.5 Å². The Morgan fingerprint density at radius 2 is 2.05 bits per heavy atom. The highest BCUT2D eigenvalue weighted by Crippen LogP contribution is 2.28. The van der Waals surface area contributed by atoms with Crippen molar-refractivity contribution in [2.75, 3.05) is 0 Å². The lowest BCUT2D eigenvalue weighted by Gasteiger charge is -2.07. The standard InChI is InChI=1S/C14H7ClFNOS/c15-14-9-3-4-10(16)12(8(9)5-6-17-14)13(18)11-2-1-7-19-11/h1-7H. The van der Waals surface area contributed by atoms with Crippen LogP contribution in [0.2, 0.25) is 5.15 Å². The third-order valence-corrected chi connectivity index (χ3v) is 3.99. The number of ketones is 1. The molecule has 3 rings (SSSR count). The van der Waals surface area contributed by atoms with Crippen LogP contribution in [0.4, 0.5) is 4.39 Å². The molecule has 94 valence electrons. The number of nitrogens with zero attached hydrogens (tertiary/aromatic N) is 1. The van der Waals surface area contributed by atoms with Crippen molar-refractivity contribution >= 4 is 39.5 Å². The second-order valence-corrected chi connectivity index (χ2v) is 5.23. The second kappa shape index (κ2) is 4.72. The summed E-state index contributed by atoms with van der Waals surface area (Å²) in [5, 5.41) is 3.10. The zero-order chi connectivity index (χ0) is 13.4. The van der Waals surface area contributed by atoms with Gasteiger partial charge in [-0.1, -0.05) is 17.7 Å². The molecule has 0 aliphatic rings. The van der Waals surface area contributed by atoms with Gasteiger partial charge in [-0.3, -0.25) is 4.79 Å². The van der Waals surface area contributed by atoms with Gasteiger partial charge in [0, 0.05) is 17.0 Å². The number of aromatic nitrogens is 1. The molecule has 19 heavy (non-hydrogen) atoms. The number of rotatable bonds is 2. The first-order valence-electron chi connectivity index (χ1n) is 5.49. The van der Waals surface area contributed by atoms with Gasteiger partial charge in [-0.05, 0) is 29.6 Å². The average molecular weight is 292 g/mol. The summed E-state index contributed by atoms with van der Waals surface area (Å²) in [6, 6.07) is 7.82. The summed E-state index contributed by atoms with van der Waals surface area (Å²) in [4.78, 5) is 16.8. The topological polar surface area (TPSA) is 30.0 Å². The Hall–Kier alpha value is -1.78. The lowest BCUT2D eigenvalue weighted by atomic mass is 10.0. The van der Waals surface area contributed by atoms with Crippen LogP contribution in [0, 0.1) is 5.82 Å². The molecule has 0 radical (unpaired) electrons. The molecule has 0 aliphatic heterocycles. The molecule has 0 amide bonds. The average Bonchev–Trinajstić information content (AvgIpc) is 2.92. The summed E-state index contributed by atoms with van der Waals surface area (Å²) >= 11 is 7.25. The minimum atomic E-state index is -0.548. The summed E-state index contributed by atoms with van der Waals surface area (Å²) in [5.74, 6) is -0.881. The van der Waals surface area contributed by atoms with E-state index in [9.17, 15) is 9.18 Å². The van der Waals surface area contributed by atoms with Crippen LogP contribution in [0.15, 0.2) is 41.9 Å². The number of fused-ring (bicyclic) bond motifs is 1. The first kappa shape index (κ1) is 12.3. The Morgan fingerprint density at radius 3 is 2.79 bits per heavy atom. The first-order chi connectivity index (χ1) is 9.18. The maximum Gasteiger partial charge on any atom is 0.206 e. The number of hydrogen-bond donors (Lipinski definition) is 0. The summed E-state index contributed by atoms with van der Waals surface area (Å²) in [6.45, 7) is 0. The molecule has 0 atom stereocenters. The predicted molar refractivity (Wildman–Crippen MR) is 74.5 cm³/mol. The van der Waals surface area contributed by atoms with Crippen molar-refractivity contribution in [3.63, 3.8) is 0 Å². The Morgan fingerprint density at radius 1 is 1.21 bits per heavy atom. The number of halogens is 2. The van der Waals surface area contributed by atoms with Crippen LogP contribution in [0.1, 0.15) is 15.2 Å². The molecule has 2 heterocycles. The Kier molecular flexibility index (Phi) is 3.05. The number of thiophene rings is 1. The molecule has 3 aromatic rings. The Bertz CT molecular complexity index is 770. The van der Waals surface area contributed by atoms with Gasteiger partial charge in [-0.15, -0.1) is 11.3 Å². The van der Waals surface area contributed by atoms with Gasteiger partial charge in [0.05, 0.1) is 10.4 Å². The van der Waals surface area contributed by atoms with E-state index in [1.807, 2.05) is 0 Å². The number of benzene rings is 1. The summed E-state index contributed by atoms with van der Waals surface area (Å²) in [7, 11) is 0. The fourth-order valence-corrected chi connectivity index (χ4v) is 2.85. The Labute approximate surface area is 117 Å². The lowest BCUT2D eigenvalue weighted by Crippen LogP contribution is -2.03.